The summed E-state index contributed by atoms with van der Waals surface area (Å²) >= 11 is 3.25. The number of hydrogen-bond acceptors (Lipinski definition) is 2. The van der Waals surface area contributed by atoms with Gasteiger partial charge in [-0.1, -0.05) is 35.0 Å². The fourth-order valence-electron chi connectivity index (χ4n) is 1.05. The van der Waals surface area contributed by atoms with Crippen LogP contribution in [-0.2, 0) is 4.79 Å². The molecule has 0 saturated carbocycles. The Morgan fingerprint density at radius 3 is 2.57 bits per heavy atom. The van der Waals surface area contributed by atoms with Crippen molar-refractivity contribution in [2.24, 2.45) is 0 Å². The fraction of sp³-hybridized carbons (Fsp3) is 0.364. The summed E-state index contributed by atoms with van der Waals surface area (Å²) in [7, 11) is 0. The number of halogens is 1. The molecule has 0 amide bonds. The first-order valence-corrected chi connectivity index (χ1v) is 5.51. The van der Waals surface area contributed by atoms with Crippen LogP contribution in [0.4, 0.5) is 0 Å². The van der Waals surface area contributed by atoms with E-state index in [-0.39, 0.29) is 4.83 Å². The average molecular weight is 257 g/mol. The van der Waals surface area contributed by atoms with Crippen LogP contribution < -0.4 is 4.74 Å². The van der Waals surface area contributed by atoms with Crippen LogP contribution in [0.1, 0.15) is 23.7 Å². The van der Waals surface area contributed by atoms with E-state index in [2.05, 4.69) is 22.9 Å². The summed E-state index contributed by atoms with van der Waals surface area (Å²) in [6, 6.07) is 7.53. The van der Waals surface area contributed by atoms with Gasteiger partial charge in [0.25, 0.3) is 0 Å². The molecular weight excluding hydrogens is 244 g/mol. The summed E-state index contributed by atoms with van der Waals surface area (Å²) in [5.74, 6) is 0.848. The second-order valence-corrected chi connectivity index (χ2v) is 3.94. The molecular formula is C11H13BrO2. The minimum Gasteiger partial charge on any atom is -0.494 e. The van der Waals surface area contributed by atoms with Crippen LogP contribution >= 0.6 is 15.9 Å². The van der Waals surface area contributed by atoms with Gasteiger partial charge in [0.15, 0.2) is 0 Å². The van der Waals surface area contributed by atoms with Crippen molar-refractivity contribution in [3.05, 3.63) is 29.8 Å². The molecule has 3 heteroatoms. The molecule has 1 aromatic carbocycles. The summed E-state index contributed by atoms with van der Waals surface area (Å²) in [5, 5.41) is 0. The van der Waals surface area contributed by atoms with Crippen LogP contribution in [-0.4, -0.2) is 12.9 Å². The largest absolute Gasteiger partial charge is 0.494 e. The van der Waals surface area contributed by atoms with Crippen molar-refractivity contribution < 1.29 is 9.53 Å². The molecule has 0 fully saturated rings. The number of rotatable bonds is 5. The minimum absolute atomic E-state index is 0.220. The van der Waals surface area contributed by atoms with E-state index in [4.69, 9.17) is 4.74 Å². The van der Waals surface area contributed by atoms with E-state index >= 15 is 0 Å². The monoisotopic (exact) mass is 256 g/mol. The third-order valence-electron chi connectivity index (χ3n) is 1.79. The first kappa shape index (κ1) is 11.2. The lowest BCUT2D eigenvalue weighted by Gasteiger charge is -2.06. The highest BCUT2D eigenvalue weighted by molar-refractivity contribution is 9.09. The van der Waals surface area contributed by atoms with Crippen LogP contribution in [0.3, 0.4) is 0 Å². The predicted molar refractivity (Wildman–Crippen MR) is 60.0 cm³/mol. The Labute approximate surface area is 92.4 Å². The zero-order valence-corrected chi connectivity index (χ0v) is 9.66. The fourth-order valence-corrected chi connectivity index (χ4v) is 1.35. The second kappa shape index (κ2) is 5.81. The number of aldehydes is 1. The Hall–Kier alpha value is -0.830. The van der Waals surface area contributed by atoms with Crippen LogP contribution in [0.15, 0.2) is 24.3 Å². The SMILES string of the molecule is CCCOc1ccc(C(Br)C=O)cc1. The van der Waals surface area contributed by atoms with Gasteiger partial charge in [-0.25, -0.2) is 0 Å². The van der Waals surface area contributed by atoms with E-state index in [1.54, 1.807) is 0 Å². The van der Waals surface area contributed by atoms with Crippen molar-refractivity contribution in [1.29, 1.82) is 0 Å². The standard InChI is InChI=1S/C11H13BrO2/c1-2-7-14-10-5-3-9(4-6-10)11(12)8-13/h3-6,8,11H,2,7H2,1H3. The average Bonchev–Trinajstić information content (AvgIpc) is 2.26. The van der Waals surface area contributed by atoms with Crippen molar-refractivity contribution in [3.63, 3.8) is 0 Å². The van der Waals surface area contributed by atoms with Gasteiger partial charge < -0.3 is 9.53 Å². The maximum absolute atomic E-state index is 10.5. The quantitative estimate of drug-likeness (QED) is 0.598. The van der Waals surface area contributed by atoms with Crippen molar-refractivity contribution >= 4 is 22.2 Å². The van der Waals surface area contributed by atoms with E-state index in [0.29, 0.717) is 0 Å². The molecule has 0 heterocycles. The molecule has 0 radical (unpaired) electrons. The van der Waals surface area contributed by atoms with E-state index < -0.39 is 0 Å². The molecule has 1 rings (SSSR count). The molecule has 0 aromatic heterocycles. The van der Waals surface area contributed by atoms with Gasteiger partial charge in [0, 0.05) is 0 Å². The Morgan fingerprint density at radius 1 is 1.43 bits per heavy atom. The lowest BCUT2D eigenvalue weighted by atomic mass is 10.2. The molecule has 76 valence electrons. The molecule has 14 heavy (non-hydrogen) atoms. The van der Waals surface area contributed by atoms with Crippen LogP contribution in [0.2, 0.25) is 0 Å². The highest BCUT2D eigenvalue weighted by Gasteiger charge is 2.04. The van der Waals surface area contributed by atoms with E-state index in [1.165, 1.54) is 0 Å². The van der Waals surface area contributed by atoms with Crippen LogP contribution in [0.5, 0.6) is 5.75 Å². The molecule has 0 saturated heterocycles. The lowest BCUT2D eigenvalue weighted by Crippen LogP contribution is -1.95. The molecule has 0 aliphatic heterocycles. The van der Waals surface area contributed by atoms with E-state index in [9.17, 15) is 4.79 Å². The predicted octanol–water partition coefficient (Wildman–Crippen LogP) is 3.11. The second-order valence-electron chi connectivity index (χ2n) is 2.96. The maximum Gasteiger partial charge on any atom is 0.138 e. The Morgan fingerprint density at radius 2 is 2.07 bits per heavy atom. The van der Waals surface area contributed by atoms with Crippen LogP contribution in [0, 0.1) is 0 Å². The lowest BCUT2D eigenvalue weighted by molar-refractivity contribution is -0.107. The summed E-state index contributed by atoms with van der Waals surface area (Å²) in [4.78, 5) is 10.3. The van der Waals surface area contributed by atoms with Crippen molar-refractivity contribution in [2.45, 2.75) is 18.2 Å². The topological polar surface area (TPSA) is 26.3 Å². The zero-order valence-electron chi connectivity index (χ0n) is 8.07. The van der Waals surface area contributed by atoms with Gasteiger partial charge in [-0.2, -0.15) is 0 Å². The first-order chi connectivity index (χ1) is 6.77. The number of hydrogen-bond donors (Lipinski definition) is 0. The Kier molecular flexibility index (Phi) is 4.66. The van der Waals surface area contributed by atoms with Gasteiger partial charge in [-0.05, 0) is 24.1 Å². The number of carbonyl (C=O) groups excluding carboxylic acids is 1. The number of benzene rings is 1. The normalized spacial score (nSPS) is 12.1. The van der Waals surface area contributed by atoms with E-state index in [0.717, 1.165) is 30.6 Å². The highest BCUT2D eigenvalue weighted by atomic mass is 79.9. The van der Waals surface area contributed by atoms with Crippen LogP contribution in [0.25, 0.3) is 0 Å². The Bertz CT molecular complexity index is 282. The van der Waals surface area contributed by atoms with Gasteiger partial charge >= 0.3 is 0 Å². The van der Waals surface area contributed by atoms with Crippen molar-refractivity contribution in [3.8, 4) is 5.75 Å². The number of ether oxygens (including phenoxy) is 1. The van der Waals surface area contributed by atoms with Gasteiger partial charge in [-0.15, -0.1) is 0 Å². The van der Waals surface area contributed by atoms with Gasteiger partial charge in [0.2, 0.25) is 0 Å². The van der Waals surface area contributed by atoms with E-state index in [1.807, 2.05) is 24.3 Å². The maximum atomic E-state index is 10.5. The number of carbonyl (C=O) groups is 1. The van der Waals surface area contributed by atoms with Crippen molar-refractivity contribution in [1.82, 2.24) is 0 Å². The van der Waals surface area contributed by atoms with Gasteiger partial charge in [-0.3, -0.25) is 0 Å². The molecule has 1 aromatic rings. The third-order valence-corrected chi connectivity index (χ3v) is 2.54. The first-order valence-electron chi connectivity index (χ1n) is 4.60. The number of alkyl halides is 1. The van der Waals surface area contributed by atoms with Gasteiger partial charge in [0.1, 0.15) is 12.0 Å². The van der Waals surface area contributed by atoms with Crippen molar-refractivity contribution in [2.75, 3.05) is 6.61 Å². The summed E-state index contributed by atoms with van der Waals surface area (Å²) in [6.45, 7) is 2.79. The zero-order chi connectivity index (χ0) is 10.4. The molecule has 0 aliphatic carbocycles. The highest BCUT2D eigenvalue weighted by Crippen LogP contribution is 2.22. The molecule has 0 aliphatic rings. The smallest absolute Gasteiger partial charge is 0.138 e. The molecule has 1 atom stereocenters. The summed E-state index contributed by atoms with van der Waals surface area (Å²) < 4.78 is 5.42. The molecule has 2 nitrogen and oxygen atoms in total. The summed E-state index contributed by atoms with van der Waals surface area (Å²) in [6.07, 6.45) is 1.86. The molecule has 0 bridgehead atoms. The molecule has 0 spiro atoms. The van der Waals surface area contributed by atoms with Gasteiger partial charge in [0.05, 0.1) is 11.4 Å². The third kappa shape index (κ3) is 3.14. The molecule has 1 unspecified atom stereocenters. The minimum atomic E-state index is -0.220. The molecule has 0 N–H and O–H groups in total. The summed E-state index contributed by atoms with van der Waals surface area (Å²) in [5.41, 5.74) is 0.948. The Balaban J connectivity index is 2.63.